The summed E-state index contributed by atoms with van der Waals surface area (Å²) in [5.74, 6) is 0. The van der Waals surface area contributed by atoms with E-state index >= 15 is 0 Å². The Morgan fingerprint density at radius 1 is 1.09 bits per heavy atom. The van der Waals surface area contributed by atoms with Gasteiger partial charge < -0.3 is 4.98 Å². The van der Waals surface area contributed by atoms with Crippen molar-refractivity contribution < 1.29 is 8.42 Å². The molecule has 2 aromatic carbocycles. The van der Waals surface area contributed by atoms with Gasteiger partial charge in [0.2, 0.25) is 0 Å². The number of hydrogen-bond donors (Lipinski definition) is 2. The lowest BCUT2D eigenvalue weighted by Crippen LogP contribution is -1.97. The highest BCUT2D eigenvalue weighted by atomic mass is 32.2. The molecule has 0 radical (unpaired) electrons. The number of rotatable bonds is 4. The molecule has 6 heteroatoms. The molecule has 0 fully saturated rings. The standard InChI is InChI=1S/C16H15N3O2S/c1-22(20,21)14-8-6-13(7-9-14)19-18-11-12-10-17-16-5-3-2-4-15(12)16/h2-11,17,19H,1H3/b18-11+. The van der Waals surface area contributed by atoms with Crippen molar-refractivity contribution in [2.45, 2.75) is 4.90 Å². The molecular formula is C16H15N3O2S. The van der Waals surface area contributed by atoms with Crippen LogP contribution in [0.1, 0.15) is 5.56 Å². The zero-order chi connectivity index (χ0) is 15.6. The Balaban J connectivity index is 1.75. The van der Waals surface area contributed by atoms with E-state index in [4.69, 9.17) is 0 Å². The Labute approximate surface area is 128 Å². The molecule has 3 aromatic rings. The minimum absolute atomic E-state index is 0.290. The third-order valence-corrected chi connectivity index (χ3v) is 4.43. The van der Waals surface area contributed by atoms with Gasteiger partial charge in [0.25, 0.3) is 0 Å². The van der Waals surface area contributed by atoms with Gasteiger partial charge in [-0.25, -0.2) is 8.42 Å². The third-order valence-electron chi connectivity index (χ3n) is 3.30. The molecule has 0 aliphatic rings. The number of nitrogens with zero attached hydrogens (tertiary/aromatic N) is 1. The lowest BCUT2D eigenvalue weighted by atomic mass is 10.2. The van der Waals surface area contributed by atoms with Crippen LogP contribution >= 0.6 is 0 Å². The maximum atomic E-state index is 11.4. The van der Waals surface area contributed by atoms with Gasteiger partial charge >= 0.3 is 0 Å². The molecule has 2 N–H and O–H groups in total. The molecule has 0 saturated heterocycles. The van der Waals surface area contributed by atoms with E-state index in [0.717, 1.165) is 22.2 Å². The number of hydrogen-bond acceptors (Lipinski definition) is 4. The molecule has 22 heavy (non-hydrogen) atoms. The van der Waals surface area contributed by atoms with Crippen molar-refractivity contribution in [3.05, 3.63) is 60.3 Å². The van der Waals surface area contributed by atoms with Gasteiger partial charge in [0.1, 0.15) is 0 Å². The van der Waals surface area contributed by atoms with Crippen molar-refractivity contribution in [2.24, 2.45) is 5.10 Å². The maximum absolute atomic E-state index is 11.4. The second kappa shape index (κ2) is 5.65. The van der Waals surface area contributed by atoms with Crippen molar-refractivity contribution >= 4 is 32.6 Å². The first-order chi connectivity index (χ1) is 10.5. The maximum Gasteiger partial charge on any atom is 0.175 e. The number of sulfone groups is 1. The molecule has 0 atom stereocenters. The number of H-pyrrole nitrogens is 1. The molecule has 1 heterocycles. The average Bonchev–Trinajstić information content (AvgIpc) is 2.90. The summed E-state index contributed by atoms with van der Waals surface area (Å²) in [7, 11) is -3.17. The normalized spacial score (nSPS) is 12.0. The average molecular weight is 313 g/mol. The monoisotopic (exact) mass is 313 g/mol. The van der Waals surface area contributed by atoms with Gasteiger partial charge in [-0.15, -0.1) is 0 Å². The van der Waals surface area contributed by atoms with Crippen LogP contribution in [0.15, 0.2) is 64.7 Å². The molecule has 0 amide bonds. The lowest BCUT2D eigenvalue weighted by Gasteiger charge is -2.01. The van der Waals surface area contributed by atoms with Gasteiger partial charge in [0.15, 0.2) is 9.84 Å². The molecule has 1 aromatic heterocycles. The van der Waals surface area contributed by atoms with Crippen molar-refractivity contribution in [1.29, 1.82) is 0 Å². The van der Waals surface area contributed by atoms with Crippen LogP contribution in [0.3, 0.4) is 0 Å². The summed E-state index contributed by atoms with van der Waals surface area (Å²) in [4.78, 5) is 3.47. The Bertz CT molecular complexity index is 925. The Morgan fingerprint density at radius 2 is 1.82 bits per heavy atom. The van der Waals surface area contributed by atoms with E-state index in [2.05, 4.69) is 15.5 Å². The highest BCUT2D eigenvalue weighted by Crippen LogP contribution is 2.16. The first-order valence-electron chi connectivity index (χ1n) is 6.69. The van der Waals surface area contributed by atoms with Gasteiger partial charge in [-0.05, 0) is 30.3 Å². The summed E-state index contributed by atoms with van der Waals surface area (Å²) < 4.78 is 22.8. The molecule has 5 nitrogen and oxygen atoms in total. The van der Waals surface area contributed by atoms with Gasteiger partial charge in [-0.1, -0.05) is 18.2 Å². The van der Waals surface area contributed by atoms with Gasteiger partial charge in [0, 0.05) is 28.9 Å². The molecule has 0 saturated carbocycles. The number of para-hydroxylation sites is 1. The van der Waals surface area contributed by atoms with Crippen LogP contribution in [-0.2, 0) is 9.84 Å². The first-order valence-corrected chi connectivity index (χ1v) is 8.58. The summed E-state index contributed by atoms with van der Waals surface area (Å²) in [6.45, 7) is 0. The molecular weight excluding hydrogens is 298 g/mol. The number of aromatic nitrogens is 1. The number of aromatic amines is 1. The van der Waals surface area contributed by atoms with Crippen molar-refractivity contribution in [3.63, 3.8) is 0 Å². The molecule has 0 unspecified atom stereocenters. The quantitative estimate of drug-likeness (QED) is 0.574. The Morgan fingerprint density at radius 3 is 2.55 bits per heavy atom. The van der Waals surface area contributed by atoms with E-state index in [9.17, 15) is 8.42 Å². The van der Waals surface area contributed by atoms with Crippen LogP contribution < -0.4 is 5.43 Å². The lowest BCUT2D eigenvalue weighted by molar-refractivity contribution is 0.602. The molecule has 3 rings (SSSR count). The fourth-order valence-corrected chi connectivity index (χ4v) is 2.78. The van der Waals surface area contributed by atoms with E-state index in [1.807, 2.05) is 30.5 Å². The van der Waals surface area contributed by atoms with Crippen LogP contribution in [0.4, 0.5) is 5.69 Å². The predicted octanol–water partition coefficient (Wildman–Crippen LogP) is 3.02. The number of benzene rings is 2. The smallest absolute Gasteiger partial charge is 0.175 e. The van der Waals surface area contributed by atoms with Crippen LogP contribution in [0, 0.1) is 0 Å². The summed E-state index contributed by atoms with van der Waals surface area (Å²) in [5, 5.41) is 5.28. The van der Waals surface area contributed by atoms with Crippen LogP contribution in [0.25, 0.3) is 10.9 Å². The van der Waals surface area contributed by atoms with Crippen LogP contribution in [0.5, 0.6) is 0 Å². The van der Waals surface area contributed by atoms with Gasteiger partial charge in [0.05, 0.1) is 16.8 Å². The Kier molecular flexibility index (Phi) is 3.68. The highest BCUT2D eigenvalue weighted by Gasteiger charge is 2.05. The summed E-state index contributed by atoms with van der Waals surface area (Å²) in [5.41, 5.74) is 5.65. The molecule has 0 aliphatic carbocycles. The number of fused-ring (bicyclic) bond motifs is 1. The van der Waals surface area contributed by atoms with E-state index in [0.29, 0.717) is 4.90 Å². The predicted molar refractivity (Wildman–Crippen MR) is 89.1 cm³/mol. The molecule has 0 aliphatic heterocycles. The number of nitrogens with one attached hydrogen (secondary N) is 2. The molecule has 112 valence electrons. The molecule has 0 bridgehead atoms. The van der Waals surface area contributed by atoms with E-state index < -0.39 is 9.84 Å². The highest BCUT2D eigenvalue weighted by molar-refractivity contribution is 7.90. The van der Waals surface area contributed by atoms with Crippen LogP contribution in [0.2, 0.25) is 0 Å². The fourth-order valence-electron chi connectivity index (χ4n) is 2.15. The SMILES string of the molecule is CS(=O)(=O)c1ccc(N/N=C/c2c[nH]c3ccccc23)cc1. The summed E-state index contributed by atoms with van der Waals surface area (Å²) in [6.07, 6.45) is 4.80. The summed E-state index contributed by atoms with van der Waals surface area (Å²) in [6, 6.07) is 14.5. The number of hydrazone groups is 1. The van der Waals surface area contributed by atoms with Crippen molar-refractivity contribution in [2.75, 3.05) is 11.7 Å². The van der Waals surface area contributed by atoms with E-state index in [1.54, 1.807) is 30.5 Å². The third kappa shape index (κ3) is 3.01. The largest absolute Gasteiger partial charge is 0.361 e. The first kappa shape index (κ1) is 14.3. The summed E-state index contributed by atoms with van der Waals surface area (Å²) >= 11 is 0. The van der Waals surface area contributed by atoms with Crippen LogP contribution in [-0.4, -0.2) is 25.9 Å². The minimum atomic E-state index is -3.17. The zero-order valence-electron chi connectivity index (χ0n) is 11.9. The van der Waals surface area contributed by atoms with Crippen molar-refractivity contribution in [1.82, 2.24) is 4.98 Å². The zero-order valence-corrected chi connectivity index (χ0v) is 12.8. The van der Waals surface area contributed by atoms with Gasteiger partial charge in [-0.3, -0.25) is 5.43 Å². The van der Waals surface area contributed by atoms with E-state index in [1.165, 1.54) is 6.26 Å². The molecule has 0 spiro atoms. The minimum Gasteiger partial charge on any atom is -0.361 e. The van der Waals surface area contributed by atoms with Crippen molar-refractivity contribution in [3.8, 4) is 0 Å². The van der Waals surface area contributed by atoms with E-state index in [-0.39, 0.29) is 0 Å². The topological polar surface area (TPSA) is 74.3 Å². The number of anilines is 1. The second-order valence-corrected chi connectivity index (χ2v) is 6.97. The fraction of sp³-hybridized carbons (Fsp3) is 0.0625. The van der Waals surface area contributed by atoms with Gasteiger partial charge in [-0.2, -0.15) is 5.10 Å². The second-order valence-electron chi connectivity index (χ2n) is 4.96. The Hall–Kier alpha value is -2.60.